The fourth-order valence-electron chi connectivity index (χ4n) is 5.95. The Balaban J connectivity index is 1.21. The lowest BCUT2D eigenvalue weighted by atomic mass is 10.0. The van der Waals surface area contributed by atoms with E-state index in [0.29, 0.717) is 18.4 Å². The summed E-state index contributed by atoms with van der Waals surface area (Å²) in [6, 6.07) is 1.04. The fraction of sp³-hybridized carbons (Fsp3) is 0.565. The van der Waals surface area contributed by atoms with E-state index in [2.05, 4.69) is 4.98 Å². The summed E-state index contributed by atoms with van der Waals surface area (Å²) in [5.41, 5.74) is -1.17. The normalized spacial score (nSPS) is 28.5. The van der Waals surface area contributed by atoms with Crippen molar-refractivity contribution in [3.8, 4) is 0 Å². The van der Waals surface area contributed by atoms with Crippen LogP contribution in [0.5, 0.6) is 0 Å². The number of rotatable bonds is 4. The summed E-state index contributed by atoms with van der Waals surface area (Å²) in [7, 11) is 0. The Morgan fingerprint density at radius 1 is 1.14 bits per heavy atom. The zero-order valence-corrected chi connectivity index (χ0v) is 19.2. The molecule has 8 nitrogen and oxygen atoms in total. The van der Waals surface area contributed by atoms with Gasteiger partial charge in [-0.2, -0.15) is 13.2 Å². The van der Waals surface area contributed by atoms with Crippen LogP contribution in [-0.2, 0) is 15.8 Å². The van der Waals surface area contributed by atoms with Gasteiger partial charge in [0.05, 0.1) is 11.5 Å². The number of nitrogens with zero attached hydrogens (tertiary/aromatic N) is 4. The van der Waals surface area contributed by atoms with Gasteiger partial charge in [-0.3, -0.25) is 18.8 Å². The third-order valence-corrected chi connectivity index (χ3v) is 8.29. The van der Waals surface area contributed by atoms with E-state index in [0.717, 1.165) is 23.3 Å². The van der Waals surface area contributed by atoms with Crippen molar-refractivity contribution in [2.24, 2.45) is 17.8 Å². The molecule has 4 aliphatic rings. The lowest BCUT2D eigenvalue weighted by Crippen LogP contribution is -2.55. The maximum Gasteiger partial charge on any atom is 0.419 e. The molecule has 12 heteroatoms. The van der Waals surface area contributed by atoms with E-state index in [1.807, 2.05) is 0 Å². The number of fused-ring (bicyclic) bond motifs is 2. The first kappa shape index (κ1) is 22.6. The number of pyridine rings is 1. The van der Waals surface area contributed by atoms with Gasteiger partial charge in [-0.15, -0.1) is 0 Å². The Labute approximate surface area is 202 Å². The zero-order valence-electron chi connectivity index (χ0n) is 18.5. The largest absolute Gasteiger partial charge is 0.481 e. The molecule has 1 aliphatic heterocycles. The minimum absolute atomic E-state index is 0.0382. The lowest BCUT2D eigenvalue weighted by Gasteiger charge is -2.38. The summed E-state index contributed by atoms with van der Waals surface area (Å²) >= 11 is 6.36. The highest BCUT2D eigenvalue weighted by molar-refractivity contribution is 6.33. The third kappa shape index (κ3) is 3.66. The SMILES string of the molecule is O=C(O)C1C2CC(N3CCN(C(=O)c4nc5c(C(F)(F)F)cc(C6CC6)cn5c4Cl)CC3=O)CC21. The summed E-state index contributed by atoms with van der Waals surface area (Å²) < 4.78 is 42.4. The van der Waals surface area contributed by atoms with Crippen molar-refractivity contribution in [1.82, 2.24) is 19.2 Å². The van der Waals surface area contributed by atoms with E-state index < -0.39 is 29.3 Å². The van der Waals surface area contributed by atoms with Crippen molar-refractivity contribution in [2.75, 3.05) is 19.6 Å². The number of imidazole rings is 1. The predicted molar refractivity (Wildman–Crippen MR) is 116 cm³/mol. The van der Waals surface area contributed by atoms with Crippen LogP contribution in [0.4, 0.5) is 13.2 Å². The van der Waals surface area contributed by atoms with Crippen LogP contribution < -0.4 is 0 Å². The first-order chi connectivity index (χ1) is 16.5. The molecular formula is C23H22ClF3N4O4. The molecule has 3 saturated carbocycles. The topological polar surface area (TPSA) is 95.2 Å². The Kier molecular flexibility index (Phi) is 4.91. The van der Waals surface area contributed by atoms with E-state index in [4.69, 9.17) is 11.6 Å². The number of amides is 2. The highest BCUT2D eigenvalue weighted by atomic mass is 35.5. The van der Waals surface area contributed by atoms with Crippen LogP contribution in [-0.4, -0.2) is 67.8 Å². The summed E-state index contributed by atoms with van der Waals surface area (Å²) in [4.78, 5) is 44.2. The smallest absolute Gasteiger partial charge is 0.419 e. The highest BCUT2D eigenvalue weighted by Gasteiger charge is 2.61. The number of alkyl halides is 3. The number of carboxylic acid groups (broad SMARTS) is 1. The molecule has 3 heterocycles. The molecular weight excluding hydrogens is 489 g/mol. The van der Waals surface area contributed by atoms with Crippen LogP contribution in [0.25, 0.3) is 5.65 Å². The number of piperazine rings is 1. The molecule has 2 atom stereocenters. The van der Waals surface area contributed by atoms with E-state index in [1.54, 1.807) is 4.90 Å². The summed E-state index contributed by atoms with van der Waals surface area (Å²) in [6.45, 7) is 0.246. The van der Waals surface area contributed by atoms with Crippen molar-refractivity contribution in [2.45, 2.75) is 43.8 Å². The first-order valence-corrected chi connectivity index (χ1v) is 12.0. The average Bonchev–Trinajstić information content (AvgIpc) is 3.69. The summed E-state index contributed by atoms with van der Waals surface area (Å²) in [5.74, 6) is -1.82. The Morgan fingerprint density at radius 3 is 2.40 bits per heavy atom. The molecule has 4 fully saturated rings. The number of carbonyl (C=O) groups excluding carboxylic acids is 2. The number of halogens is 4. The number of carbonyl (C=O) groups is 3. The van der Waals surface area contributed by atoms with Gasteiger partial charge in [0.1, 0.15) is 11.7 Å². The Morgan fingerprint density at radius 2 is 1.83 bits per heavy atom. The van der Waals surface area contributed by atoms with E-state index in [-0.39, 0.29) is 66.1 Å². The van der Waals surface area contributed by atoms with Gasteiger partial charge in [0.25, 0.3) is 5.91 Å². The number of hydrogen-bond acceptors (Lipinski definition) is 4. The Bertz CT molecular complexity index is 1260. The van der Waals surface area contributed by atoms with Gasteiger partial charge in [0.2, 0.25) is 5.91 Å². The number of hydrogen-bond donors (Lipinski definition) is 1. The van der Waals surface area contributed by atoms with Crippen molar-refractivity contribution in [3.05, 3.63) is 34.2 Å². The van der Waals surface area contributed by atoms with Crippen LogP contribution >= 0.6 is 11.6 Å². The average molecular weight is 511 g/mol. The van der Waals surface area contributed by atoms with Crippen LogP contribution in [0.3, 0.4) is 0 Å². The molecule has 2 amide bonds. The molecule has 0 radical (unpaired) electrons. The van der Waals surface area contributed by atoms with Crippen molar-refractivity contribution < 1.29 is 32.7 Å². The third-order valence-electron chi connectivity index (χ3n) is 7.93. The molecule has 1 N–H and O–H groups in total. The minimum Gasteiger partial charge on any atom is -0.481 e. The second-order valence-electron chi connectivity index (χ2n) is 10.0. The standard InChI is InChI=1S/C23H22ClF3N4O4/c24-19-18(28-20-15(23(25,26)27)5-11(8-31(19)20)10-1-2-10)21(33)29-3-4-30(16(32)9-29)12-6-13-14(7-12)17(13)22(34)35/h5,8,10,12-14,17H,1-4,6-7,9H2,(H,34,35). The van der Waals surface area contributed by atoms with Gasteiger partial charge in [-0.05, 0) is 55.1 Å². The van der Waals surface area contributed by atoms with Gasteiger partial charge in [-0.1, -0.05) is 11.6 Å². The van der Waals surface area contributed by atoms with Gasteiger partial charge in [-0.25, -0.2) is 4.98 Å². The monoisotopic (exact) mass is 510 g/mol. The number of aromatic nitrogens is 2. The summed E-state index contributed by atoms with van der Waals surface area (Å²) in [6.07, 6.45) is -0.274. The van der Waals surface area contributed by atoms with E-state index >= 15 is 0 Å². The molecule has 0 spiro atoms. The molecule has 186 valence electrons. The second-order valence-corrected chi connectivity index (χ2v) is 10.4. The van der Waals surface area contributed by atoms with Gasteiger partial charge >= 0.3 is 12.1 Å². The highest BCUT2D eigenvalue weighted by Crippen LogP contribution is 2.58. The second kappa shape index (κ2) is 7.59. The molecule has 2 unspecified atom stereocenters. The van der Waals surface area contributed by atoms with E-state index in [1.165, 1.54) is 11.1 Å². The molecule has 2 aromatic heterocycles. The van der Waals surface area contributed by atoms with Crippen LogP contribution in [0.2, 0.25) is 5.15 Å². The summed E-state index contributed by atoms with van der Waals surface area (Å²) in [5, 5.41) is 8.98. The molecule has 6 rings (SSSR count). The molecule has 0 aromatic carbocycles. The van der Waals surface area contributed by atoms with Gasteiger partial charge in [0.15, 0.2) is 11.3 Å². The maximum atomic E-state index is 13.7. The first-order valence-electron chi connectivity index (χ1n) is 11.6. The number of carboxylic acids is 1. The van der Waals surface area contributed by atoms with Gasteiger partial charge < -0.3 is 14.9 Å². The van der Waals surface area contributed by atoms with E-state index in [9.17, 15) is 32.7 Å². The van der Waals surface area contributed by atoms with Gasteiger partial charge in [0, 0.05) is 25.3 Å². The van der Waals surface area contributed by atoms with Crippen LogP contribution in [0.15, 0.2) is 12.3 Å². The minimum atomic E-state index is -4.66. The molecule has 2 aromatic rings. The van der Waals surface area contributed by atoms with Crippen LogP contribution in [0, 0.1) is 17.8 Å². The van der Waals surface area contributed by atoms with Crippen molar-refractivity contribution in [1.29, 1.82) is 0 Å². The molecule has 3 aliphatic carbocycles. The zero-order chi connectivity index (χ0) is 24.8. The molecule has 35 heavy (non-hydrogen) atoms. The molecule has 1 saturated heterocycles. The van der Waals surface area contributed by atoms with Crippen molar-refractivity contribution >= 4 is 35.0 Å². The quantitative estimate of drug-likeness (QED) is 0.681. The van der Waals surface area contributed by atoms with Crippen molar-refractivity contribution in [3.63, 3.8) is 0 Å². The number of aliphatic carboxylic acids is 1. The maximum absolute atomic E-state index is 13.7. The fourth-order valence-corrected chi connectivity index (χ4v) is 6.20. The Hall–Kier alpha value is -2.82. The molecule has 0 bridgehead atoms. The lowest BCUT2D eigenvalue weighted by molar-refractivity contribution is -0.140. The predicted octanol–water partition coefficient (Wildman–Crippen LogP) is 3.28. The van der Waals surface area contributed by atoms with Crippen LogP contribution in [0.1, 0.15) is 53.2 Å².